The van der Waals surface area contributed by atoms with E-state index < -0.39 is 0 Å². The molecule has 0 aliphatic carbocycles. The lowest BCUT2D eigenvalue weighted by Gasteiger charge is -2.23. The fourth-order valence-corrected chi connectivity index (χ4v) is 3.79. The number of quaternary nitrogens is 1. The second-order valence-corrected chi connectivity index (χ2v) is 7.27. The SMILES string of the molecule is CCOC(=O)c1c[nH+]c2c(C)cc(Cl)cc2c1NCCC[NH+]1CCOCC1. The summed E-state index contributed by atoms with van der Waals surface area (Å²) in [5, 5.41) is 5.02. The molecule has 0 spiro atoms. The average Bonchev–Trinajstić information content (AvgIpc) is 2.66. The lowest BCUT2D eigenvalue weighted by Crippen LogP contribution is -3.14. The van der Waals surface area contributed by atoms with Crippen LogP contribution in [0.15, 0.2) is 18.3 Å². The van der Waals surface area contributed by atoms with Gasteiger partial charge in [-0.15, -0.1) is 0 Å². The number of pyridine rings is 1. The molecule has 0 unspecified atom stereocenters. The van der Waals surface area contributed by atoms with E-state index in [4.69, 9.17) is 21.1 Å². The molecule has 1 saturated heterocycles. The van der Waals surface area contributed by atoms with Crippen molar-refractivity contribution in [1.82, 2.24) is 0 Å². The van der Waals surface area contributed by atoms with Crippen LogP contribution < -0.4 is 15.2 Å². The zero-order chi connectivity index (χ0) is 19.2. The molecule has 2 aromatic rings. The Labute approximate surface area is 164 Å². The molecular formula is C20H28ClN3O3+2. The Hall–Kier alpha value is -1.89. The number of H-pyrrole nitrogens is 1. The van der Waals surface area contributed by atoms with Crippen LogP contribution in [0.5, 0.6) is 0 Å². The Morgan fingerprint density at radius 3 is 2.89 bits per heavy atom. The van der Waals surface area contributed by atoms with Crippen molar-refractivity contribution < 1.29 is 24.2 Å². The molecule has 3 N–H and O–H groups in total. The fourth-order valence-electron chi connectivity index (χ4n) is 3.52. The van der Waals surface area contributed by atoms with E-state index in [1.54, 1.807) is 11.1 Å². The molecule has 2 heterocycles. The van der Waals surface area contributed by atoms with E-state index in [1.807, 2.05) is 26.0 Å². The molecule has 7 heteroatoms. The summed E-state index contributed by atoms with van der Waals surface area (Å²) in [6.07, 6.45) is 2.73. The summed E-state index contributed by atoms with van der Waals surface area (Å²) in [7, 11) is 0. The van der Waals surface area contributed by atoms with Crippen LogP contribution in [0.3, 0.4) is 0 Å². The molecular weight excluding hydrogens is 366 g/mol. The molecule has 1 aliphatic heterocycles. The van der Waals surface area contributed by atoms with E-state index in [9.17, 15) is 4.79 Å². The van der Waals surface area contributed by atoms with Crippen LogP contribution >= 0.6 is 11.6 Å². The molecule has 1 fully saturated rings. The lowest BCUT2D eigenvalue weighted by atomic mass is 10.1. The minimum Gasteiger partial charge on any atom is -0.462 e. The number of ether oxygens (including phenoxy) is 2. The van der Waals surface area contributed by atoms with Crippen molar-refractivity contribution in [3.05, 3.63) is 34.5 Å². The number of nitrogens with one attached hydrogen (secondary N) is 3. The number of hydrogen-bond acceptors (Lipinski definition) is 4. The van der Waals surface area contributed by atoms with Gasteiger partial charge in [0, 0.05) is 23.6 Å². The Morgan fingerprint density at radius 1 is 1.37 bits per heavy atom. The van der Waals surface area contributed by atoms with Gasteiger partial charge in [-0.25, -0.2) is 9.78 Å². The summed E-state index contributed by atoms with van der Waals surface area (Å²) >= 11 is 6.28. The summed E-state index contributed by atoms with van der Waals surface area (Å²) in [6, 6.07) is 3.80. The highest BCUT2D eigenvalue weighted by Crippen LogP contribution is 2.29. The van der Waals surface area contributed by atoms with E-state index in [2.05, 4.69) is 10.3 Å². The maximum atomic E-state index is 12.4. The summed E-state index contributed by atoms with van der Waals surface area (Å²) in [4.78, 5) is 17.2. The van der Waals surface area contributed by atoms with Crippen LogP contribution in [0.1, 0.15) is 29.3 Å². The van der Waals surface area contributed by atoms with Crippen molar-refractivity contribution in [2.75, 3.05) is 51.3 Å². The third kappa shape index (κ3) is 4.89. The van der Waals surface area contributed by atoms with Gasteiger partial charge in [-0.2, -0.15) is 0 Å². The van der Waals surface area contributed by atoms with Crippen molar-refractivity contribution in [2.24, 2.45) is 0 Å². The minimum atomic E-state index is -0.338. The van der Waals surface area contributed by atoms with E-state index in [1.165, 1.54) is 0 Å². The number of aromatic nitrogens is 1. The zero-order valence-electron chi connectivity index (χ0n) is 16.0. The van der Waals surface area contributed by atoms with Gasteiger partial charge in [-0.3, -0.25) is 0 Å². The van der Waals surface area contributed by atoms with E-state index in [0.717, 1.165) is 68.0 Å². The molecule has 27 heavy (non-hydrogen) atoms. The highest BCUT2D eigenvalue weighted by atomic mass is 35.5. The second-order valence-electron chi connectivity index (χ2n) is 6.84. The molecule has 146 valence electrons. The highest BCUT2D eigenvalue weighted by Gasteiger charge is 2.22. The largest absolute Gasteiger partial charge is 0.462 e. The smallest absolute Gasteiger partial charge is 0.346 e. The van der Waals surface area contributed by atoms with Gasteiger partial charge in [0.25, 0.3) is 0 Å². The normalized spacial score (nSPS) is 15.1. The molecule has 1 aromatic carbocycles. The van der Waals surface area contributed by atoms with E-state index in [0.29, 0.717) is 17.2 Å². The van der Waals surface area contributed by atoms with Gasteiger partial charge in [0.1, 0.15) is 18.7 Å². The topological polar surface area (TPSA) is 66.1 Å². The van der Waals surface area contributed by atoms with Gasteiger partial charge in [-0.05, 0) is 26.0 Å². The quantitative estimate of drug-likeness (QED) is 0.552. The maximum Gasteiger partial charge on any atom is 0.346 e. The fraction of sp³-hybridized carbons (Fsp3) is 0.500. The van der Waals surface area contributed by atoms with Crippen molar-refractivity contribution in [2.45, 2.75) is 20.3 Å². The standard InChI is InChI=1S/C20H26ClN3O3/c1-3-27-20(25)17-13-23-18-14(2)11-15(21)12-16(18)19(17)22-5-4-6-24-7-9-26-10-8-24/h11-13H,3-10H2,1-2H3,(H,22,23)/p+2. The molecule has 0 amide bonds. The zero-order valence-corrected chi connectivity index (χ0v) is 16.7. The van der Waals surface area contributed by atoms with E-state index >= 15 is 0 Å². The Bertz CT molecular complexity index is 807. The van der Waals surface area contributed by atoms with Crippen LogP contribution in [-0.4, -0.2) is 52.0 Å². The second kappa shape index (κ2) is 9.35. The average molecular weight is 394 g/mol. The Balaban J connectivity index is 1.81. The first-order chi connectivity index (χ1) is 13.1. The number of aromatic amines is 1. The van der Waals surface area contributed by atoms with Crippen LogP contribution in [0, 0.1) is 6.92 Å². The molecule has 0 saturated carbocycles. The number of carbonyl (C=O) groups excluding carboxylic acids is 1. The summed E-state index contributed by atoms with van der Waals surface area (Å²) in [5.74, 6) is -0.338. The molecule has 0 bridgehead atoms. The van der Waals surface area contributed by atoms with Gasteiger partial charge < -0.3 is 19.7 Å². The van der Waals surface area contributed by atoms with Gasteiger partial charge in [0.15, 0.2) is 6.20 Å². The molecule has 0 atom stereocenters. The first kappa shape index (κ1) is 19.9. The molecule has 0 radical (unpaired) electrons. The number of anilines is 1. The number of benzene rings is 1. The summed E-state index contributed by atoms with van der Waals surface area (Å²) in [5.41, 5.74) is 3.29. The third-order valence-corrected chi connectivity index (χ3v) is 5.12. The first-order valence-corrected chi connectivity index (χ1v) is 9.94. The number of hydrogen-bond donors (Lipinski definition) is 2. The van der Waals surface area contributed by atoms with Gasteiger partial charge in [0.2, 0.25) is 5.52 Å². The minimum absolute atomic E-state index is 0.338. The number of aryl methyl sites for hydroxylation is 1. The van der Waals surface area contributed by atoms with Crippen LogP contribution in [0.2, 0.25) is 5.02 Å². The number of halogens is 1. The summed E-state index contributed by atoms with van der Waals surface area (Å²) in [6.45, 7) is 9.81. The number of rotatable bonds is 7. The van der Waals surface area contributed by atoms with Gasteiger partial charge >= 0.3 is 5.97 Å². The molecule has 3 rings (SSSR count). The monoisotopic (exact) mass is 393 g/mol. The van der Waals surface area contributed by atoms with Crippen molar-refractivity contribution in [3.8, 4) is 0 Å². The van der Waals surface area contributed by atoms with Crippen molar-refractivity contribution in [3.63, 3.8) is 0 Å². The number of carbonyl (C=O) groups is 1. The molecule has 1 aromatic heterocycles. The first-order valence-electron chi connectivity index (χ1n) is 9.57. The van der Waals surface area contributed by atoms with Gasteiger partial charge in [-0.1, -0.05) is 11.6 Å². The van der Waals surface area contributed by atoms with E-state index in [-0.39, 0.29) is 5.97 Å². The summed E-state index contributed by atoms with van der Waals surface area (Å²) < 4.78 is 10.6. The lowest BCUT2D eigenvalue weighted by molar-refractivity contribution is -0.908. The highest BCUT2D eigenvalue weighted by molar-refractivity contribution is 6.31. The predicted molar refractivity (Wildman–Crippen MR) is 106 cm³/mol. The third-order valence-electron chi connectivity index (χ3n) is 4.90. The Kier molecular flexibility index (Phi) is 6.88. The van der Waals surface area contributed by atoms with Crippen molar-refractivity contribution >= 4 is 34.2 Å². The molecule has 1 aliphatic rings. The molecule has 6 nitrogen and oxygen atoms in total. The van der Waals surface area contributed by atoms with Crippen molar-refractivity contribution in [1.29, 1.82) is 0 Å². The van der Waals surface area contributed by atoms with Crippen LogP contribution in [0.4, 0.5) is 5.69 Å². The number of morpholine rings is 1. The number of esters is 1. The van der Waals surface area contributed by atoms with Crippen LogP contribution in [-0.2, 0) is 9.47 Å². The Morgan fingerprint density at radius 2 is 2.15 bits per heavy atom. The maximum absolute atomic E-state index is 12.4. The van der Waals surface area contributed by atoms with Crippen LogP contribution in [0.25, 0.3) is 10.9 Å². The van der Waals surface area contributed by atoms with Gasteiger partial charge in [0.05, 0.1) is 37.4 Å². The predicted octanol–water partition coefficient (Wildman–Crippen LogP) is 1.51. The number of fused-ring (bicyclic) bond motifs is 1.